The Morgan fingerprint density at radius 3 is 2.08 bits per heavy atom. The third kappa shape index (κ3) is 12.0. The molecule has 11 heteroatoms. The van der Waals surface area contributed by atoms with Gasteiger partial charge in [-0.15, -0.1) is 0 Å². The molecule has 1 saturated carbocycles. The van der Waals surface area contributed by atoms with Crippen molar-refractivity contribution in [3.63, 3.8) is 0 Å². The van der Waals surface area contributed by atoms with Gasteiger partial charge in [0.05, 0.1) is 13.0 Å². The number of unbranched alkanes of at least 4 members (excludes halogenated alkanes) is 3. The van der Waals surface area contributed by atoms with Crippen LogP contribution in [0, 0.1) is 17.8 Å². The van der Waals surface area contributed by atoms with Gasteiger partial charge in [0.1, 0.15) is 11.7 Å². The molecule has 0 bridgehead atoms. The van der Waals surface area contributed by atoms with E-state index in [1.165, 1.54) is 14.0 Å². The van der Waals surface area contributed by atoms with E-state index in [0.29, 0.717) is 6.54 Å². The predicted octanol–water partition coefficient (Wildman–Crippen LogP) is 3.50. The van der Waals surface area contributed by atoms with Gasteiger partial charge in [-0.25, -0.2) is 9.59 Å². The van der Waals surface area contributed by atoms with E-state index < -0.39 is 53.8 Å². The fourth-order valence-electron chi connectivity index (χ4n) is 5.37. The SMILES string of the molecule is CCC(CC)C(NC(C)=O)C1C(NC(=O)OC(C)(C)C)CC(C(=O)OC)C1OC(=O)NCCCCCCNC. The maximum absolute atomic E-state index is 12.9. The summed E-state index contributed by atoms with van der Waals surface area (Å²) in [6.45, 7) is 12.2. The Morgan fingerprint density at radius 1 is 0.949 bits per heavy atom. The highest BCUT2D eigenvalue weighted by molar-refractivity contribution is 5.76. The minimum Gasteiger partial charge on any atom is -0.469 e. The number of amides is 3. The number of methoxy groups -OCH3 is 1. The minimum absolute atomic E-state index is 0.0185. The van der Waals surface area contributed by atoms with E-state index in [1.54, 1.807) is 20.8 Å². The van der Waals surface area contributed by atoms with Crippen molar-refractivity contribution in [2.75, 3.05) is 27.2 Å². The molecule has 0 heterocycles. The Labute approximate surface area is 234 Å². The van der Waals surface area contributed by atoms with Crippen molar-refractivity contribution in [1.29, 1.82) is 0 Å². The maximum atomic E-state index is 12.9. The smallest absolute Gasteiger partial charge is 0.407 e. The lowest BCUT2D eigenvalue weighted by Crippen LogP contribution is -2.55. The number of hydrogen-bond donors (Lipinski definition) is 4. The van der Waals surface area contributed by atoms with E-state index in [2.05, 4.69) is 21.3 Å². The number of alkyl carbamates (subject to hydrolysis) is 2. The first-order valence-electron chi connectivity index (χ1n) is 14.3. The first-order chi connectivity index (χ1) is 18.4. The zero-order valence-corrected chi connectivity index (χ0v) is 25.2. The molecule has 1 rings (SSSR count). The summed E-state index contributed by atoms with van der Waals surface area (Å²) in [5.41, 5.74) is -0.727. The van der Waals surface area contributed by atoms with Crippen LogP contribution in [0.4, 0.5) is 9.59 Å². The van der Waals surface area contributed by atoms with E-state index in [0.717, 1.165) is 45.1 Å². The van der Waals surface area contributed by atoms with E-state index in [9.17, 15) is 19.2 Å². The topological polar surface area (TPSA) is 144 Å². The Balaban J connectivity index is 3.24. The van der Waals surface area contributed by atoms with Crippen LogP contribution in [0.2, 0.25) is 0 Å². The second-order valence-electron chi connectivity index (χ2n) is 11.3. The van der Waals surface area contributed by atoms with E-state index in [-0.39, 0.29) is 18.2 Å². The summed E-state index contributed by atoms with van der Waals surface area (Å²) in [5.74, 6) is -2.17. The highest BCUT2D eigenvalue weighted by Crippen LogP contribution is 2.40. The Morgan fingerprint density at radius 2 is 1.56 bits per heavy atom. The summed E-state index contributed by atoms with van der Waals surface area (Å²) in [6.07, 6.45) is 3.35. The second kappa shape index (κ2) is 17.2. The van der Waals surface area contributed by atoms with Gasteiger partial charge >= 0.3 is 18.2 Å². The molecule has 0 radical (unpaired) electrons. The van der Waals surface area contributed by atoms with Crippen LogP contribution in [-0.4, -0.2) is 75.1 Å². The summed E-state index contributed by atoms with van der Waals surface area (Å²) >= 11 is 0. The molecule has 0 aromatic rings. The van der Waals surface area contributed by atoms with Gasteiger partial charge in [0, 0.05) is 31.5 Å². The molecular weight excluding hydrogens is 504 g/mol. The van der Waals surface area contributed by atoms with Crippen LogP contribution in [0.1, 0.15) is 86.5 Å². The molecule has 39 heavy (non-hydrogen) atoms. The van der Waals surface area contributed by atoms with Gasteiger partial charge in [0.15, 0.2) is 0 Å². The molecule has 0 aromatic carbocycles. The number of rotatable bonds is 15. The average Bonchev–Trinajstić information content (AvgIpc) is 3.18. The molecule has 0 spiro atoms. The number of ether oxygens (including phenoxy) is 3. The molecule has 11 nitrogen and oxygen atoms in total. The zero-order chi connectivity index (χ0) is 29.6. The van der Waals surface area contributed by atoms with Crippen molar-refractivity contribution in [3.05, 3.63) is 0 Å². The average molecular weight is 557 g/mol. The van der Waals surface area contributed by atoms with Crippen LogP contribution in [0.5, 0.6) is 0 Å². The minimum atomic E-state index is -0.925. The standard InChI is InChI=1S/C28H52N4O7/c1-9-19(10-2)23(31-18(3)33)22-21(32-27(36)39-28(4,5)6)17-20(25(34)37-8)24(22)38-26(35)30-16-14-12-11-13-15-29-7/h19-24,29H,9-17H2,1-8H3,(H,30,35)(H,31,33)(H,32,36). The van der Waals surface area contributed by atoms with Gasteiger partial charge in [0.2, 0.25) is 5.91 Å². The summed E-state index contributed by atoms with van der Waals surface area (Å²) in [6, 6.07) is -1.07. The molecular formula is C28H52N4O7. The lowest BCUT2D eigenvalue weighted by molar-refractivity contribution is -0.149. The van der Waals surface area contributed by atoms with Crippen LogP contribution in [0.3, 0.4) is 0 Å². The molecule has 0 aromatic heterocycles. The van der Waals surface area contributed by atoms with Gasteiger partial charge in [-0.1, -0.05) is 39.5 Å². The number of nitrogens with one attached hydrogen (secondary N) is 4. The van der Waals surface area contributed by atoms with E-state index in [4.69, 9.17) is 14.2 Å². The molecule has 0 saturated heterocycles. The number of hydrogen-bond acceptors (Lipinski definition) is 8. The first-order valence-corrected chi connectivity index (χ1v) is 14.3. The van der Waals surface area contributed by atoms with Crippen molar-refractivity contribution < 1.29 is 33.4 Å². The van der Waals surface area contributed by atoms with E-state index in [1.807, 2.05) is 20.9 Å². The third-order valence-electron chi connectivity index (χ3n) is 7.16. The summed E-state index contributed by atoms with van der Waals surface area (Å²) < 4.78 is 16.5. The predicted molar refractivity (Wildman–Crippen MR) is 149 cm³/mol. The highest BCUT2D eigenvalue weighted by atomic mass is 16.6. The molecule has 1 fully saturated rings. The van der Waals surface area contributed by atoms with Crippen LogP contribution in [0.15, 0.2) is 0 Å². The van der Waals surface area contributed by atoms with Crippen molar-refractivity contribution in [2.45, 2.75) is 110 Å². The Bertz CT molecular complexity index is 782. The third-order valence-corrected chi connectivity index (χ3v) is 7.16. The van der Waals surface area contributed by atoms with Crippen LogP contribution >= 0.6 is 0 Å². The largest absolute Gasteiger partial charge is 0.469 e. The second-order valence-corrected chi connectivity index (χ2v) is 11.3. The maximum Gasteiger partial charge on any atom is 0.407 e. The fraction of sp³-hybridized carbons (Fsp3) is 0.857. The van der Waals surface area contributed by atoms with Crippen LogP contribution in [-0.2, 0) is 23.8 Å². The molecule has 1 aliphatic rings. The lowest BCUT2D eigenvalue weighted by atomic mass is 9.80. The van der Waals surface area contributed by atoms with Crippen molar-refractivity contribution in [2.24, 2.45) is 17.8 Å². The molecule has 226 valence electrons. The van der Waals surface area contributed by atoms with Crippen LogP contribution < -0.4 is 21.3 Å². The van der Waals surface area contributed by atoms with Crippen molar-refractivity contribution >= 4 is 24.1 Å². The molecule has 1 aliphatic carbocycles. The normalized spacial score (nSPS) is 21.7. The number of carbonyl (C=O) groups excluding carboxylic acids is 4. The number of carbonyl (C=O) groups is 4. The summed E-state index contributed by atoms with van der Waals surface area (Å²) in [4.78, 5) is 50.9. The quantitative estimate of drug-likeness (QED) is 0.136. The summed E-state index contributed by atoms with van der Waals surface area (Å²) in [7, 11) is 3.20. The Hall–Kier alpha value is -2.56. The molecule has 5 atom stereocenters. The van der Waals surface area contributed by atoms with Gasteiger partial charge in [0.25, 0.3) is 0 Å². The number of esters is 1. The first kappa shape index (κ1) is 34.5. The van der Waals surface area contributed by atoms with Gasteiger partial charge in [-0.2, -0.15) is 0 Å². The van der Waals surface area contributed by atoms with Crippen molar-refractivity contribution in [3.8, 4) is 0 Å². The van der Waals surface area contributed by atoms with Gasteiger partial charge < -0.3 is 35.5 Å². The Kier molecular flexibility index (Phi) is 15.2. The molecule has 4 N–H and O–H groups in total. The van der Waals surface area contributed by atoms with Crippen molar-refractivity contribution in [1.82, 2.24) is 21.3 Å². The summed E-state index contributed by atoms with van der Waals surface area (Å²) in [5, 5.41) is 11.8. The van der Waals surface area contributed by atoms with Gasteiger partial charge in [-0.3, -0.25) is 9.59 Å². The van der Waals surface area contributed by atoms with E-state index >= 15 is 0 Å². The lowest BCUT2D eigenvalue weighted by Gasteiger charge is -2.37. The zero-order valence-electron chi connectivity index (χ0n) is 25.2. The monoisotopic (exact) mass is 556 g/mol. The molecule has 0 aliphatic heterocycles. The molecule has 3 amide bonds. The van der Waals surface area contributed by atoms with Crippen LogP contribution in [0.25, 0.3) is 0 Å². The fourth-order valence-corrected chi connectivity index (χ4v) is 5.37. The highest BCUT2D eigenvalue weighted by Gasteiger charge is 2.54. The molecule has 5 unspecified atom stereocenters. The van der Waals surface area contributed by atoms with Gasteiger partial charge in [-0.05, 0) is 59.5 Å².